The molecule has 1 aliphatic rings. The third-order valence-corrected chi connectivity index (χ3v) is 3.42. The van der Waals surface area contributed by atoms with E-state index in [1.165, 1.54) is 0 Å². The summed E-state index contributed by atoms with van der Waals surface area (Å²) in [4.78, 5) is 25.9. The van der Waals surface area contributed by atoms with Gasteiger partial charge in [-0.05, 0) is 26.4 Å². The maximum absolute atomic E-state index is 12.0. The molecule has 0 heterocycles. The molecule has 0 spiro atoms. The second-order valence-electron chi connectivity index (χ2n) is 5.49. The summed E-state index contributed by atoms with van der Waals surface area (Å²) in [5.74, 6) is 0.861. The summed E-state index contributed by atoms with van der Waals surface area (Å²) in [6, 6.07) is 0. The molecule has 0 amide bonds. The number of hydrogen-bond donors (Lipinski definition) is 0. The Hall–Kier alpha value is -0.700. The Kier molecular flexibility index (Phi) is 4.66. The number of Topliss-reactive ketones (excluding diaryl/α,β-unsaturated/α-hetero) is 2. The number of ketones is 2. The van der Waals surface area contributed by atoms with Crippen LogP contribution in [0, 0.1) is 17.8 Å². The summed E-state index contributed by atoms with van der Waals surface area (Å²) in [7, 11) is 3.94. The van der Waals surface area contributed by atoms with Crippen LogP contribution in [-0.4, -0.2) is 37.1 Å². The van der Waals surface area contributed by atoms with Gasteiger partial charge in [-0.3, -0.25) is 9.59 Å². The lowest BCUT2D eigenvalue weighted by Crippen LogP contribution is -2.28. The van der Waals surface area contributed by atoms with Crippen LogP contribution < -0.4 is 0 Å². The summed E-state index contributed by atoms with van der Waals surface area (Å²) >= 11 is 0. The van der Waals surface area contributed by atoms with E-state index in [9.17, 15) is 9.59 Å². The highest BCUT2D eigenvalue weighted by atomic mass is 16.1. The lowest BCUT2D eigenvalue weighted by Gasteiger charge is -2.18. The minimum Gasteiger partial charge on any atom is -0.309 e. The van der Waals surface area contributed by atoms with Gasteiger partial charge in [0.15, 0.2) is 0 Å². The van der Waals surface area contributed by atoms with Crippen molar-refractivity contribution in [1.82, 2.24) is 4.90 Å². The Morgan fingerprint density at radius 1 is 1.25 bits per heavy atom. The molecule has 1 rings (SSSR count). The van der Waals surface area contributed by atoms with Gasteiger partial charge in [0, 0.05) is 31.2 Å². The fraction of sp³-hybridized carbons (Fsp3) is 0.846. The molecular formula is C13H23NO2. The van der Waals surface area contributed by atoms with E-state index in [4.69, 9.17) is 0 Å². The molecule has 2 unspecified atom stereocenters. The highest BCUT2D eigenvalue weighted by molar-refractivity contribution is 5.91. The van der Waals surface area contributed by atoms with E-state index < -0.39 is 0 Å². The monoisotopic (exact) mass is 225 g/mol. The molecule has 1 aliphatic carbocycles. The predicted octanol–water partition coefficient (Wildman–Crippen LogP) is 1.76. The van der Waals surface area contributed by atoms with Gasteiger partial charge in [-0.15, -0.1) is 0 Å². The molecule has 0 radical (unpaired) electrons. The van der Waals surface area contributed by atoms with Crippen LogP contribution in [0.2, 0.25) is 0 Å². The maximum Gasteiger partial charge on any atom is 0.137 e. The molecule has 2 atom stereocenters. The van der Waals surface area contributed by atoms with E-state index >= 15 is 0 Å². The normalized spacial score (nSPS) is 27.6. The van der Waals surface area contributed by atoms with Crippen LogP contribution in [0.25, 0.3) is 0 Å². The van der Waals surface area contributed by atoms with E-state index in [2.05, 4.69) is 0 Å². The molecule has 0 aliphatic heterocycles. The van der Waals surface area contributed by atoms with Crippen molar-refractivity contribution in [2.75, 3.05) is 20.6 Å². The molecule has 3 heteroatoms. The van der Waals surface area contributed by atoms with E-state index in [1.54, 1.807) is 0 Å². The Bertz CT molecular complexity index is 271. The molecule has 92 valence electrons. The van der Waals surface area contributed by atoms with Gasteiger partial charge in [0.05, 0.1) is 0 Å². The standard InChI is InChI=1S/C13H23NO2/c1-9(2)11-7-13(16)10(8-14(3)4)5-6-12(11)15/h9-11H,5-8H2,1-4H3. The summed E-state index contributed by atoms with van der Waals surface area (Å²) in [5.41, 5.74) is 0. The molecule has 1 fully saturated rings. The number of hydrogen-bond acceptors (Lipinski definition) is 3. The minimum atomic E-state index is -0.0420. The highest BCUT2D eigenvalue weighted by Gasteiger charge is 2.32. The zero-order chi connectivity index (χ0) is 12.3. The number of carbonyl (C=O) groups is 2. The number of carbonyl (C=O) groups excluding carboxylic acids is 2. The molecular weight excluding hydrogens is 202 g/mol. The van der Waals surface area contributed by atoms with Crippen LogP contribution in [0.5, 0.6) is 0 Å². The molecule has 3 nitrogen and oxygen atoms in total. The number of rotatable bonds is 3. The smallest absolute Gasteiger partial charge is 0.137 e. The zero-order valence-electron chi connectivity index (χ0n) is 10.8. The third-order valence-electron chi connectivity index (χ3n) is 3.42. The van der Waals surface area contributed by atoms with Crippen molar-refractivity contribution in [1.29, 1.82) is 0 Å². The summed E-state index contributed by atoms with van der Waals surface area (Å²) in [6.45, 7) is 4.83. The van der Waals surface area contributed by atoms with Crippen molar-refractivity contribution in [3.8, 4) is 0 Å². The molecule has 1 saturated carbocycles. The topological polar surface area (TPSA) is 37.4 Å². The molecule has 0 saturated heterocycles. The van der Waals surface area contributed by atoms with Gasteiger partial charge in [-0.1, -0.05) is 13.8 Å². The van der Waals surface area contributed by atoms with Gasteiger partial charge >= 0.3 is 0 Å². The molecule has 0 aromatic rings. The van der Waals surface area contributed by atoms with E-state index in [-0.39, 0.29) is 29.3 Å². The van der Waals surface area contributed by atoms with Crippen LogP contribution in [0.1, 0.15) is 33.1 Å². The molecule has 0 bridgehead atoms. The largest absolute Gasteiger partial charge is 0.309 e. The van der Waals surface area contributed by atoms with Crippen molar-refractivity contribution >= 4 is 11.6 Å². The van der Waals surface area contributed by atoms with Crippen molar-refractivity contribution in [2.24, 2.45) is 17.8 Å². The zero-order valence-corrected chi connectivity index (χ0v) is 10.8. The van der Waals surface area contributed by atoms with Gasteiger partial charge < -0.3 is 4.90 Å². The maximum atomic E-state index is 12.0. The fourth-order valence-corrected chi connectivity index (χ4v) is 2.40. The van der Waals surface area contributed by atoms with Crippen LogP contribution in [0.15, 0.2) is 0 Å². The molecule has 0 aromatic carbocycles. The van der Waals surface area contributed by atoms with Gasteiger partial charge in [0.25, 0.3) is 0 Å². The van der Waals surface area contributed by atoms with Crippen LogP contribution >= 0.6 is 0 Å². The second kappa shape index (κ2) is 5.58. The van der Waals surface area contributed by atoms with E-state index in [0.717, 1.165) is 13.0 Å². The lowest BCUT2D eigenvalue weighted by molar-refractivity contribution is -0.128. The van der Waals surface area contributed by atoms with Crippen LogP contribution in [0.3, 0.4) is 0 Å². The summed E-state index contributed by atoms with van der Waals surface area (Å²) in [5, 5.41) is 0. The highest BCUT2D eigenvalue weighted by Crippen LogP contribution is 2.27. The van der Waals surface area contributed by atoms with Crippen LogP contribution in [-0.2, 0) is 9.59 Å². The van der Waals surface area contributed by atoms with Gasteiger partial charge in [-0.2, -0.15) is 0 Å². The third kappa shape index (κ3) is 3.41. The Morgan fingerprint density at radius 2 is 1.88 bits per heavy atom. The molecule has 16 heavy (non-hydrogen) atoms. The van der Waals surface area contributed by atoms with Gasteiger partial charge in [0.1, 0.15) is 11.6 Å². The molecule has 0 aromatic heterocycles. The van der Waals surface area contributed by atoms with Crippen molar-refractivity contribution in [3.63, 3.8) is 0 Å². The van der Waals surface area contributed by atoms with Crippen molar-refractivity contribution < 1.29 is 9.59 Å². The Labute approximate surface area is 98.2 Å². The molecule has 0 N–H and O–H groups in total. The van der Waals surface area contributed by atoms with Crippen LogP contribution in [0.4, 0.5) is 0 Å². The summed E-state index contributed by atoms with van der Waals surface area (Å²) < 4.78 is 0. The SMILES string of the molecule is CC(C)C1CC(=O)C(CN(C)C)CCC1=O. The first kappa shape index (κ1) is 13.4. The fourth-order valence-electron chi connectivity index (χ4n) is 2.40. The Balaban J connectivity index is 2.70. The predicted molar refractivity (Wildman–Crippen MR) is 64.2 cm³/mol. The minimum absolute atomic E-state index is 0.0420. The van der Waals surface area contributed by atoms with E-state index in [0.29, 0.717) is 12.8 Å². The Morgan fingerprint density at radius 3 is 2.38 bits per heavy atom. The second-order valence-corrected chi connectivity index (χ2v) is 5.49. The van der Waals surface area contributed by atoms with Crippen molar-refractivity contribution in [3.05, 3.63) is 0 Å². The first-order valence-corrected chi connectivity index (χ1v) is 6.12. The first-order chi connectivity index (χ1) is 7.41. The van der Waals surface area contributed by atoms with E-state index in [1.807, 2.05) is 32.8 Å². The van der Waals surface area contributed by atoms with Gasteiger partial charge in [-0.25, -0.2) is 0 Å². The quantitative estimate of drug-likeness (QED) is 0.687. The van der Waals surface area contributed by atoms with Gasteiger partial charge in [0.2, 0.25) is 0 Å². The lowest BCUT2D eigenvalue weighted by atomic mass is 9.87. The average Bonchev–Trinajstić information content (AvgIpc) is 2.30. The number of nitrogens with zero attached hydrogens (tertiary/aromatic N) is 1. The average molecular weight is 225 g/mol. The summed E-state index contributed by atoms with van der Waals surface area (Å²) in [6.07, 6.45) is 1.77. The van der Waals surface area contributed by atoms with Crippen molar-refractivity contribution in [2.45, 2.75) is 33.1 Å². The first-order valence-electron chi connectivity index (χ1n) is 6.12.